The van der Waals surface area contributed by atoms with Crippen LogP contribution in [0.1, 0.15) is 0 Å². The van der Waals surface area contributed by atoms with Crippen molar-refractivity contribution < 1.29 is 4.74 Å². The van der Waals surface area contributed by atoms with Crippen LogP contribution < -0.4 is 57.1 Å². The highest BCUT2D eigenvalue weighted by atomic mass is 32.2. The standard InChI is InChI=1S/C84H56B2N4OS/c1-8-29-57(30-9-1)66-43-22-25-48-73(66)90-75-56-80-72(55-71(75)85-69-46-23-26-49-74(69)89(63-41-20-7-21-42-63)76-51-64(52-77(90)82(76)85)87(60-35-14-4-15-36-60)61-37-16-5-17-38-61)86-70-47-24-27-50-78(70)91-79-53-65(54-81(92-80)83(79)86)88(62-39-18-6-19-40-62)84-67(58-31-10-2-11-32-58)44-28-45-68(84)59-33-12-3-13-34-59/h1-56H. The average molecular weight is 1190 g/mol. The van der Waals surface area contributed by atoms with Crippen LogP contribution in [-0.4, -0.2) is 13.4 Å². The van der Waals surface area contributed by atoms with Crippen LogP contribution >= 0.6 is 11.8 Å². The van der Waals surface area contributed by atoms with Crippen LogP contribution in [-0.2, 0) is 0 Å². The molecule has 0 atom stereocenters. The van der Waals surface area contributed by atoms with Crippen molar-refractivity contribution in [1.82, 2.24) is 0 Å². The van der Waals surface area contributed by atoms with E-state index in [1.807, 2.05) is 11.8 Å². The van der Waals surface area contributed by atoms with Crippen LogP contribution in [0.15, 0.2) is 350 Å². The SMILES string of the molecule is c1ccc(-c2ccccc2N2c3cc4c(cc3B3c5ccccc5N(c5ccccc5)c5cc(N(c6ccccc6)c6ccccc6)cc2c53)B2c3ccccc3Oc3cc(N(c5ccccc5)c5c(-c6ccccc6)cccc5-c5ccccc5)cc(c32)S4)cc1. The van der Waals surface area contributed by atoms with Gasteiger partial charge < -0.3 is 24.3 Å². The summed E-state index contributed by atoms with van der Waals surface area (Å²) >= 11 is 1.86. The van der Waals surface area contributed by atoms with E-state index in [-0.39, 0.29) is 13.4 Å². The van der Waals surface area contributed by atoms with Gasteiger partial charge in [0.15, 0.2) is 0 Å². The molecular formula is C84H56B2N4OS. The van der Waals surface area contributed by atoms with E-state index < -0.39 is 0 Å². The van der Waals surface area contributed by atoms with E-state index in [2.05, 4.69) is 359 Å². The Morgan fingerprint density at radius 3 is 1.36 bits per heavy atom. The van der Waals surface area contributed by atoms with Crippen LogP contribution in [0.4, 0.5) is 68.2 Å². The third-order valence-corrected chi connectivity index (χ3v) is 19.8. The molecule has 0 aromatic heterocycles. The van der Waals surface area contributed by atoms with Crippen molar-refractivity contribution >= 4 is 126 Å². The van der Waals surface area contributed by atoms with Crippen molar-refractivity contribution in [2.24, 2.45) is 0 Å². The Balaban J connectivity index is 0.915. The van der Waals surface area contributed by atoms with Gasteiger partial charge in [-0.15, -0.1) is 0 Å². The summed E-state index contributed by atoms with van der Waals surface area (Å²) in [7, 11) is 0. The number of para-hydroxylation sites is 8. The molecule has 18 rings (SSSR count). The summed E-state index contributed by atoms with van der Waals surface area (Å²) in [5.74, 6) is 1.73. The van der Waals surface area contributed by atoms with E-state index in [1.54, 1.807) is 0 Å². The predicted molar refractivity (Wildman–Crippen MR) is 388 cm³/mol. The van der Waals surface area contributed by atoms with Crippen LogP contribution in [0.25, 0.3) is 33.4 Å². The predicted octanol–water partition coefficient (Wildman–Crippen LogP) is 18.8. The molecule has 5 nitrogen and oxygen atoms in total. The second-order valence-corrected chi connectivity index (χ2v) is 25.0. The Morgan fingerprint density at radius 1 is 0.272 bits per heavy atom. The van der Waals surface area contributed by atoms with Gasteiger partial charge >= 0.3 is 0 Å². The lowest BCUT2D eigenvalue weighted by Crippen LogP contribution is -2.64. The van der Waals surface area contributed by atoms with Gasteiger partial charge in [0.25, 0.3) is 13.4 Å². The molecule has 0 amide bonds. The van der Waals surface area contributed by atoms with Crippen molar-refractivity contribution in [3.8, 4) is 44.9 Å². The van der Waals surface area contributed by atoms with Crippen LogP contribution in [0, 0.1) is 0 Å². The smallest absolute Gasteiger partial charge is 0.253 e. The molecule has 0 spiro atoms. The molecular weight excluding hydrogens is 1130 g/mol. The highest BCUT2D eigenvalue weighted by Crippen LogP contribution is 2.53. The fraction of sp³-hybridized carbons (Fsp3) is 0. The average Bonchev–Trinajstić information content (AvgIpc) is 0.694. The number of hydrogen-bond acceptors (Lipinski definition) is 6. The number of fused-ring (bicyclic) bond motifs is 8. The van der Waals surface area contributed by atoms with Gasteiger partial charge in [-0.1, -0.05) is 260 Å². The maximum absolute atomic E-state index is 7.32. The fourth-order valence-electron chi connectivity index (χ4n) is 14.8. The van der Waals surface area contributed by atoms with Gasteiger partial charge in [0.1, 0.15) is 11.5 Å². The monoisotopic (exact) mass is 1190 g/mol. The number of benzene rings is 14. The Bertz CT molecular complexity index is 5040. The first kappa shape index (κ1) is 53.6. The molecule has 4 aliphatic rings. The summed E-state index contributed by atoms with van der Waals surface area (Å²) in [6, 6.07) is 124. The molecule has 4 heterocycles. The van der Waals surface area contributed by atoms with Gasteiger partial charge in [-0.25, -0.2) is 0 Å². The number of anilines is 12. The lowest BCUT2D eigenvalue weighted by molar-refractivity contribution is 0.486. The van der Waals surface area contributed by atoms with E-state index in [0.29, 0.717) is 0 Å². The van der Waals surface area contributed by atoms with Crippen molar-refractivity contribution in [3.63, 3.8) is 0 Å². The first-order valence-corrected chi connectivity index (χ1v) is 32.4. The second-order valence-electron chi connectivity index (χ2n) is 23.9. The van der Waals surface area contributed by atoms with E-state index in [0.717, 1.165) is 123 Å². The lowest BCUT2D eigenvalue weighted by atomic mass is 9.31. The Kier molecular flexibility index (Phi) is 13.0. The molecule has 0 saturated carbocycles. The third-order valence-electron chi connectivity index (χ3n) is 18.7. The molecule has 0 aliphatic carbocycles. The summed E-state index contributed by atoms with van der Waals surface area (Å²) in [6.07, 6.45) is 0. The molecule has 430 valence electrons. The van der Waals surface area contributed by atoms with Gasteiger partial charge in [-0.3, -0.25) is 0 Å². The van der Waals surface area contributed by atoms with E-state index in [1.165, 1.54) is 32.2 Å². The summed E-state index contributed by atoms with van der Waals surface area (Å²) in [4.78, 5) is 12.4. The zero-order valence-electron chi connectivity index (χ0n) is 50.1. The third kappa shape index (κ3) is 8.81. The quantitative estimate of drug-likeness (QED) is 0.120. The van der Waals surface area contributed by atoms with Gasteiger partial charge in [0.2, 0.25) is 0 Å². The Labute approximate surface area is 541 Å². The van der Waals surface area contributed by atoms with Gasteiger partial charge in [0, 0.05) is 78.0 Å². The summed E-state index contributed by atoms with van der Waals surface area (Å²) in [5, 5.41) is 0. The topological polar surface area (TPSA) is 22.2 Å². The number of ether oxygens (including phenoxy) is 1. The maximum atomic E-state index is 7.32. The molecule has 0 saturated heterocycles. The molecule has 0 radical (unpaired) electrons. The minimum absolute atomic E-state index is 0.138. The maximum Gasteiger partial charge on any atom is 0.253 e. The molecule has 8 heteroatoms. The first-order valence-electron chi connectivity index (χ1n) is 31.5. The Hall–Kier alpha value is -11.4. The second kappa shape index (κ2) is 22.2. The normalized spacial score (nSPS) is 12.7. The minimum Gasteiger partial charge on any atom is -0.458 e. The molecule has 0 unspecified atom stereocenters. The highest BCUT2D eigenvalue weighted by molar-refractivity contribution is 8.00. The molecule has 4 aliphatic heterocycles. The van der Waals surface area contributed by atoms with Crippen molar-refractivity contribution in [2.75, 3.05) is 19.6 Å². The molecule has 0 bridgehead atoms. The highest BCUT2D eigenvalue weighted by Gasteiger charge is 2.47. The molecule has 14 aromatic carbocycles. The van der Waals surface area contributed by atoms with E-state index >= 15 is 0 Å². The number of nitrogens with zero attached hydrogens (tertiary/aromatic N) is 4. The number of rotatable bonds is 11. The molecule has 92 heavy (non-hydrogen) atoms. The molecule has 14 aromatic rings. The summed E-state index contributed by atoms with van der Waals surface area (Å²) in [5.41, 5.74) is 27.3. The van der Waals surface area contributed by atoms with Crippen molar-refractivity contribution in [2.45, 2.75) is 9.79 Å². The van der Waals surface area contributed by atoms with Gasteiger partial charge in [-0.2, -0.15) is 0 Å². The van der Waals surface area contributed by atoms with E-state index in [9.17, 15) is 0 Å². The van der Waals surface area contributed by atoms with E-state index in [4.69, 9.17) is 4.74 Å². The van der Waals surface area contributed by atoms with Crippen molar-refractivity contribution in [1.29, 1.82) is 0 Å². The summed E-state index contributed by atoms with van der Waals surface area (Å²) in [6.45, 7) is -0.292. The lowest BCUT2D eigenvalue weighted by Gasteiger charge is -2.46. The van der Waals surface area contributed by atoms with Gasteiger partial charge in [0.05, 0.1) is 22.7 Å². The zero-order chi connectivity index (χ0) is 60.6. The molecule has 0 N–H and O–H groups in total. The molecule has 0 fully saturated rings. The Morgan fingerprint density at radius 2 is 0.739 bits per heavy atom. The largest absolute Gasteiger partial charge is 0.458 e. The summed E-state index contributed by atoms with van der Waals surface area (Å²) < 4.78 is 7.32. The minimum atomic E-state index is -0.154. The van der Waals surface area contributed by atoms with Crippen LogP contribution in [0.3, 0.4) is 0 Å². The van der Waals surface area contributed by atoms with Crippen LogP contribution in [0.2, 0.25) is 0 Å². The van der Waals surface area contributed by atoms with Crippen LogP contribution in [0.5, 0.6) is 11.5 Å². The zero-order valence-corrected chi connectivity index (χ0v) is 50.9. The number of hydrogen-bond donors (Lipinski definition) is 0. The fourth-order valence-corrected chi connectivity index (χ4v) is 16.0. The van der Waals surface area contributed by atoms with Gasteiger partial charge in [-0.05, 0) is 135 Å². The first-order chi connectivity index (χ1) is 45.7. The van der Waals surface area contributed by atoms with Crippen molar-refractivity contribution in [3.05, 3.63) is 340 Å².